The minimum Gasteiger partial charge on any atom is -0.466 e. The fourth-order valence-corrected chi connectivity index (χ4v) is 2.48. The lowest BCUT2D eigenvalue weighted by Gasteiger charge is -2.07. The molecule has 0 fully saturated rings. The molecule has 0 aliphatic rings. The Balaban J connectivity index is 3.30. The summed E-state index contributed by atoms with van der Waals surface area (Å²) in [5, 5.41) is 0. The van der Waals surface area contributed by atoms with E-state index in [0.29, 0.717) is 37.9 Å². The number of hydrogen-bond donors (Lipinski definition) is 0. The molecule has 0 unspecified atom stereocenters. The van der Waals surface area contributed by atoms with E-state index < -0.39 is 0 Å². The first-order chi connectivity index (χ1) is 11.9. The molecule has 0 N–H and O–H groups in total. The molecule has 0 radical (unpaired) electrons. The number of rotatable bonds is 16. The molecule has 0 spiro atoms. The van der Waals surface area contributed by atoms with Crippen molar-refractivity contribution in [2.75, 3.05) is 13.2 Å². The van der Waals surface area contributed by atoms with Crippen molar-refractivity contribution in [2.45, 2.75) is 98.3 Å². The summed E-state index contributed by atoms with van der Waals surface area (Å²) < 4.78 is 10.4. The molecule has 0 amide bonds. The largest absolute Gasteiger partial charge is 0.466 e. The van der Waals surface area contributed by atoms with E-state index in [1.54, 1.807) is 0 Å². The standard InChI is InChI=1S/C21H40O4/c1-18(2)12-11-16-24-20(22)13-9-7-5-6-8-10-14-21(23)25-17-15-19(3)4/h18-19H,5-17H2,1-4H3. The first kappa shape index (κ1) is 23.9. The van der Waals surface area contributed by atoms with Crippen LogP contribution in [0.5, 0.6) is 0 Å². The second kappa shape index (κ2) is 16.4. The van der Waals surface area contributed by atoms with Gasteiger partial charge in [-0.05, 0) is 43.9 Å². The third-order valence-electron chi connectivity index (χ3n) is 4.16. The van der Waals surface area contributed by atoms with Gasteiger partial charge in [-0.3, -0.25) is 9.59 Å². The molecule has 0 aromatic rings. The summed E-state index contributed by atoms with van der Waals surface area (Å²) in [6.45, 7) is 9.71. The van der Waals surface area contributed by atoms with Crippen molar-refractivity contribution in [1.82, 2.24) is 0 Å². The fraction of sp³-hybridized carbons (Fsp3) is 0.905. The highest BCUT2D eigenvalue weighted by Gasteiger charge is 2.05. The van der Waals surface area contributed by atoms with Crippen molar-refractivity contribution in [3.8, 4) is 0 Å². The van der Waals surface area contributed by atoms with Gasteiger partial charge in [0.25, 0.3) is 0 Å². The zero-order valence-electron chi connectivity index (χ0n) is 17.0. The van der Waals surface area contributed by atoms with Gasteiger partial charge in [0, 0.05) is 12.8 Å². The van der Waals surface area contributed by atoms with Crippen LogP contribution in [0.25, 0.3) is 0 Å². The van der Waals surface area contributed by atoms with Crippen LogP contribution in [0.3, 0.4) is 0 Å². The maximum absolute atomic E-state index is 11.6. The summed E-state index contributed by atoms with van der Waals surface area (Å²) in [5.41, 5.74) is 0. The van der Waals surface area contributed by atoms with Gasteiger partial charge in [-0.15, -0.1) is 0 Å². The van der Waals surface area contributed by atoms with E-state index in [2.05, 4.69) is 27.7 Å². The van der Waals surface area contributed by atoms with Crippen molar-refractivity contribution in [1.29, 1.82) is 0 Å². The number of ether oxygens (including phenoxy) is 2. The van der Waals surface area contributed by atoms with Crippen LogP contribution in [0.1, 0.15) is 98.3 Å². The quantitative estimate of drug-likeness (QED) is 0.264. The highest BCUT2D eigenvalue weighted by Crippen LogP contribution is 2.10. The Morgan fingerprint density at radius 3 is 1.52 bits per heavy atom. The molecule has 0 saturated heterocycles. The summed E-state index contributed by atoms with van der Waals surface area (Å²) >= 11 is 0. The van der Waals surface area contributed by atoms with E-state index in [9.17, 15) is 9.59 Å². The maximum atomic E-state index is 11.6. The predicted molar refractivity (Wildman–Crippen MR) is 102 cm³/mol. The highest BCUT2D eigenvalue weighted by atomic mass is 16.5. The van der Waals surface area contributed by atoms with E-state index in [-0.39, 0.29) is 11.9 Å². The van der Waals surface area contributed by atoms with E-state index in [1.165, 1.54) is 0 Å². The van der Waals surface area contributed by atoms with Crippen molar-refractivity contribution in [2.24, 2.45) is 11.8 Å². The van der Waals surface area contributed by atoms with Gasteiger partial charge in [0.15, 0.2) is 0 Å². The topological polar surface area (TPSA) is 52.6 Å². The van der Waals surface area contributed by atoms with Crippen LogP contribution >= 0.6 is 0 Å². The lowest BCUT2D eigenvalue weighted by atomic mass is 10.1. The third-order valence-corrected chi connectivity index (χ3v) is 4.16. The van der Waals surface area contributed by atoms with Gasteiger partial charge in [0.1, 0.15) is 0 Å². The van der Waals surface area contributed by atoms with E-state index in [4.69, 9.17) is 9.47 Å². The van der Waals surface area contributed by atoms with Gasteiger partial charge in [-0.2, -0.15) is 0 Å². The number of esters is 2. The fourth-order valence-electron chi connectivity index (χ4n) is 2.48. The molecule has 25 heavy (non-hydrogen) atoms. The van der Waals surface area contributed by atoms with Crippen molar-refractivity contribution in [3.05, 3.63) is 0 Å². The Hall–Kier alpha value is -1.06. The molecule has 0 saturated carbocycles. The van der Waals surface area contributed by atoms with Crippen LogP contribution in [-0.4, -0.2) is 25.2 Å². The van der Waals surface area contributed by atoms with Crippen LogP contribution in [-0.2, 0) is 19.1 Å². The minimum atomic E-state index is -0.0686. The van der Waals surface area contributed by atoms with Crippen LogP contribution in [0.4, 0.5) is 0 Å². The van der Waals surface area contributed by atoms with Crippen LogP contribution in [0.15, 0.2) is 0 Å². The summed E-state index contributed by atoms with van der Waals surface area (Å²) in [7, 11) is 0. The van der Waals surface area contributed by atoms with Crippen molar-refractivity contribution < 1.29 is 19.1 Å². The first-order valence-corrected chi connectivity index (χ1v) is 10.2. The van der Waals surface area contributed by atoms with E-state index >= 15 is 0 Å². The van der Waals surface area contributed by atoms with Crippen LogP contribution in [0, 0.1) is 11.8 Å². The van der Waals surface area contributed by atoms with Gasteiger partial charge >= 0.3 is 11.9 Å². The lowest BCUT2D eigenvalue weighted by Crippen LogP contribution is -2.07. The third kappa shape index (κ3) is 19.1. The van der Waals surface area contributed by atoms with E-state index in [1.807, 2.05) is 0 Å². The second-order valence-corrected chi connectivity index (χ2v) is 7.78. The maximum Gasteiger partial charge on any atom is 0.305 e. The summed E-state index contributed by atoms with van der Waals surface area (Å²) in [6, 6.07) is 0. The monoisotopic (exact) mass is 356 g/mol. The summed E-state index contributed by atoms with van der Waals surface area (Å²) in [4.78, 5) is 23.1. The van der Waals surface area contributed by atoms with Gasteiger partial charge < -0.3 is 9.47 Å². The molecule has 0 aliphatic heterocycles. The molecule has 0 rings (SSSR count). The lowest BCUT2D eigenvalue weighted by molar-refractivity contribution is -0.145. The van der Waals surface area contributed by atoms with Crippen molar-refractivity contribution in [3.63, 3.8) is 0 Å². The Bertz CT molecular complexity index is 337. The molecule has 0 bridgehead atoms. The van der Waals surface area contributed by atoms with Gasteiger partial charge in [0.2, 0.25) is 0 Å². The number of unbranched alkanes of at least 4 members (excludes halogenated alkanes) is 5. The summed E-state index contributed by atoms with van der Waals surface area (Å²) in [5.74, 6) is 1.11. The smallest absolute Gasteiger partial charge is 0.305 e. The molecule has 4 nitrogen and oxygen atoms in total. The molecule has 4 heteroatoms. The number of hydrogen-bond acceptors (Lipinski definition) is 4. The minimum absolute atomic E-state index is 0.0621. The van der Waals surface area contributed by atoms with Crippen molar-refractivity contribution >= 4 is 11.9 Å². The zero-order chi connectivity index (χ0) is 18.9. The van der Waals surface area contributed by atoms with Gasteiger partial charge in [-0.25, -0.2) is 0 Å². The number of carbonyl (C=O) groups excluding carboxylic acids is 2. The van der Waals surface area contributed by atoms with Gasteiger partial charge in [0.05, 0.1) is 13.2 Å². The first-order valence-electron chi connectivity index (χ1n) is 10.2. The molecule has 0 heterocycles. The second-order valence-electron chi connectivity index (χ2n) is 7.78. The Kier molecular flexibility index (Phi) is 15.7. The van der Waals surface area contributed by atoms with E-state index in [0.717, 1.165) is 57.8 Å². The highest BCUT2D eigenvalue weighted by molar-refractivity contribution is 5.69. The Labute approximate surface area is 155 Å². The average Bonchev–Trinajstić information content (AvgIpc) is 2.53. The average molecular weight is 357 g/mol. The molecule has 148 valence electrons. The summed E-state index contributed by atoms with van der Waals surface area (Å²) in [6.07, 6.45) is 10.2. The Morgan fingerprint density at radius 2 is 1.04 bits per heavy atom. The van der Waals surface area contributed by atoms with Gasteiger partial charge in [-0.1, -0.05) is 53.4 Å². The zero-order valence-corrected chi connectivity index (χ0v) is 17.0. The normalized spacial score (nSPS) is 11.1. The SMILES string of the molecule is CC(C)CCCOC(=O)CCCCCCCCC(=O)OCCC(C)C. The van der Waals surface area contributed by atoms with Crippen LogP contribution < -0.4 is 0 Å². The molecule has 0 aromatic carbocycles. The molecule has 0 aliphatic carbocycles. The molecule has 0 aromatic heterocycles. The molecular weight excluding hydrogens is 316 g/mol. The molecule has 0 atom stereocenters. The molecular formula is C21H40O4. The van der Waals surface area contributed by atoms with Crippen LogP contribution in [0.2, 0.25) is 0 Å². The Morgan fingerprint density at radius 1 is 0.600 bits per heavy atom. The number of carbonyl (C=O) groups is 2. The predicted octanol–water partition coefficient (Wildman–Crippen LogP) is 5.68.